The molecular formula is C21H25F3N2O2. The number of carbonyl (C=O) groups excluding carboxylic acids is 1. The van der Waals surface area contributed by atoms with Crippen molar-refractivity contribution in [2.75, 3.05) is 6.61 Å². The minimum absolute atomic E-state index is 0.129. The summed E-state index contributed by atoms with van der Waals surface area (Å²) in [5.41, 5.74) is 0.582. The number of urea groups is 1. The molecule has 2 aromatic carbocycles. The summed E-state index contributed by atoms with van der Waals surface area (Å²) in [6.07, 6.45) is -4.00. The quantitative estimate of drug-likeness (QED) is 0.656. The first kappa shape index (κ1) is 21.8. The molecular weight excluding hydrogens is 369 g/mol. The predicted octanol–water partition coefficient (Wildman–Crippen LogP) is 4.31. The molecule has 152 valence electrons. The molecule has 2 rings (SSSR count). The van der Waals surface area contributed by atoms with E-state index in [0.717, 1.165) is 17.7 Å². The zero-order valence-corrected chi connectivity index (χ0v) is 15.8. The van der Waals surface area contributed by atoms with Gasteiger partial charge in [-0.1, -0.05) is 56.3 Å². The molecule has 4 nitrogen and oxygen atoms in total. The highest BCUT2D eigenvalue weighted by Gasteiger charge is 2.31. The van der Waals surface area contributed by atoms with E-state index in [4.69, 9.17) is 0 Å². The molecule has 0 heterocycles. The van der Waals surface area contributed by atoms with Crippen molar-refractivity contribution >= 4 is 6.03 Å². The summed E-state index contributed by atoms with van der Waals surface area (Å²) in [6, 6.07) is 12.7. The predicted molar refractivity (Wildman–Crippen MR) is 102 cm³/mol. The Morgan fingerprint density at radius 3 is 2.29 bits per heavy atom. The first-order chi connectivity index (χ1) is 13.2. The third-order valence-electron chi connectivity index (χ3n) is 4.41. The number of alkyl halides is 3. The Morgan fingerprint density at radius 1 is 1.04 bits per heavy atom. The van der Waals surface area contributed by atoms with Gasteiger partial charge in [0.2, 0.25) is 0 Å². The van der Waals surface area contributed by atoms with Gasteiger partial charge in [-0.3, -0.25) is 0 Å². The van der Waals surface area contributed by atoms with Crippen molar-refractivity contribution in [3.05, 3.63) is 71.3 Å². The van der Waals surface area contributed by atoms with Crippen molar-refractivity contribution < 1.29 is 23.1 Å². The van der Waals surface area contributed by atoms with Gasteiger partial charge in [0.25, 0.3) is 0 Å². The number of hydrogen-bond donors (Lipinski definition) is 3. The summed E-state index contributed by atoms with van der Waals surface area (Å²) in [5, 5.41) is 15.0. The van der Waals surface area contributed by atoms with E-state index in [-0.39, 0.29) is 12.5 Å². The molecule has 0 aromatic heterocycles. The summed E-state index contributed by atoms with van der Waals surface area (Å²) in [5.74, 6) is -0.129. The van der Waals surface area contributed by atoms with Crippen LogP contribution in [0, 0.1) is 5.92 Å². The highest BCUT2D eigenvalue weighted by molar-refractivity contribution is 5.75. The summed E-state index contributed by atoms with van der Waals surface area (Å²) >= 11 is 0. The van der Waals surface area contributed by atoms with Crippen molar-refractivity contribution in [3.8, 4) is 0 Å². The van der Waals surface area contributed by atoms with Crippen LogP contribution in [0.1, 0.15) is 36.6 Å². The number of benzene rings is 2. The maximum Gasteiger partial charge on any atom is 0.416 e. The van der Waals surface area contributed by atoms with Crippen LogP contribution in [-0.4, -0.2) is 23.8 Å². The molecule has 2 aromatic rings. The number of halogens is 3. The van der Waals surface area contributed by atoms with Crippen LogP contribution >= 0.6 is 0 Å². The van der Waals surface area contributed by atoms with Crippen molar-refractivity contribution in [1.82, 2.24) is 10.6 Å². The van der Waals surface area contributed by atoms with Crippen molar-refractivity contribution in [3.63, 3.8) is 0 Å². The Balaban J connectivity index is 2.08. The summed E-state index contributed by atoms with van der Waals surface area (Å²) in [7, 11) is 0. The van der Waals surface area contributed by atoms with E-state index in [1.807, 2.05) is 44.2 Å². The van der Waals surface area contributed by atoms with E-state index >= 15 is 0 Å². The average Bonchev–Trinajstić information content (AvgIpc) is 2.65. The fraction of sp³-hybridized carbons (Fsp3) is 0.381. The fourth-order valence-electron chi connectivity index (χ4n) is 2.97. The van der Waals surface area contributed by atoms with Crippen molar-refractivity contribution in [2.24, 2.45) is 5.92 Å². The SMILES string of the molecule is CC(C)C(NC(=O)NC(CO)Cc1ccccc1)c1cccc(C(F)(F)F)c1. The number of rotatable bonds is 7. The van der Waals surface area contributed by atoms with Gasteiger partial charge in [-0.15, -0.1) is 0 Å². The van der Waals surface area contributed by atoms with E-state index in [1.54, 1.807) is 6.07 Å². The van der Waals surface area contributed by atoms with Gasteiger partial charge < -0.3 is 15.7 Å². The highest BCUT2D eigenvalue weighted by Crippen LogP contribution is 2.32. The van der Waals surface area contributed by atoms with Crippen LogP contribution in [0.3, 0.4) is 0 Å². The van der Waals surface area contributed by atoms with Crippen LogP contribution in [-0.2, 0) is 12.6 Å². The number of aliphatic hydroxyl groups is 1. The first-order valence-corrected chi connectivity index (χ1v) is 9.09. The average molecular weight is 394 g/mol. The van der Waals surface area contributed by atoms with Gasteiger partial charge in [0.1, 0.15) is 0 Å². The molecule has 3 N–H and O–H groups in total. The van der Waals surface area contributed by atoms with Gasteiger partial charge in [-0.25, -0.2) is 4.79 Å². The normalized spacial score (nSPS) is 13.8. The standard InChI is InChI=1S/C21H25F3N2O2/c1-14(2)19(16-9-6-10-17(12-16)21(22,23)24)26-20(28)25-18(13-27)11-15-7-4-3-5-8-15/h3-10,12,14,18-19,27H,11,13H2,1-2H3,(H2,25,26,28). The van der Waals surface area contributed by atoms with E-state index < -0.39 is 29.9 Å². The first-order valence-electron chi connectivity index (χ1n) is 9.09. The summed E-state index contributed by atoms with van der Waals surface area (Å²) in [4.78, 5) is 12.4. The Kier molecular flexibility index (Phi) is 7.45. The Bertz CT molecular complexity index is 764. The number of hydrogen-bond acceptors (Lipinski definition) is 2. The van der Waals surface area contributed by atoms with E-state index in [0.29, 0.717) is 12.0 Å². The summed E-state index contributed by atoms with van der Waals surface area (Å²) in [6.45, 7) is 3.38. The molecule has 7 heteroatoms. The Morgan fingerprint density at radius 2 is 1.71 bits per heavy atom. The van der Waals surface area contributed by atoms with Gasteiger partial charge in [0.15, 0.2) is 0 Å². The lowest BCUT2D eigenvalue weighted by atomic mass is 9.94. The second-order valence-electron chi connectivity index (χ2n) is 7.03. The van der Waals surface area contributed by atoms with Crippen molar-refractivity contribution in [1.29, 1.82) is 0 Å². The maximum absolute atomic E-state index is 13.0. The third-order valence-corrected chi connectivity index (χ3v) is 4.41. The fourth-order valence-corrected chi connectivity index (χ4v) is 2.97. The molecule has 0 saturated heterocycles. The number of carbonyl (C=O) groups is 1. The number of aliphatic hydroxyl groups excluding tert-OH is 1. The van der Waals surface area contributed by atoms with Crippen LogP contribution in [0.4, 0.5) is 18.0 Å². The smallest absolute Gasteiger partial charge is 0.394 e. The monoisotopic (exact) mass is 394 g/mol. The molecule has 2 atom stereocenters. The molecule has 28 heavy (non-hydrogen) atoms. The zero-order valence-electron chi connectivity index (χ0n) is 15.8. The lowest BCUT2D eigenvalue weighted by Gasteiger charge is -2.25. The second kappa shape index (κ2) is 9.59. The van der Waals surface area contributed by atoms with Gasteiger partial charge in [-0.05, 0) is 35.6 Å². The van der Waals surface area contributed by atoms with Gasteiger partial charge in [0, 0.05) is 0 Å². The maximum atomic E-state index is 13.0. The Labute approximate surface area is 162 Å². The van der Waals surface area contributed by atoms with E-state index in [9.17, 15) is 23.1 Å². The van der Waals surface area contributed by atoms with Crippen LogP contribution in [0.25, 0.3) is 0 Å². The van der Waals surface area contributed by atoms with Crippen LogP contribution < -0.4 is 10.6 Å². The lowest BCUT2D eigenvalue weighted by Crippen LogP contribution is -2.46. The van der Waals surface area contributed by atoms with Crippen LogP contribution in [0.15, 0.2) is 54.6 Å². The molecule has 2 unspecified atom stereocenters. The zero-order chi connectivity index (χ0) is 20.7. The van der Waals surface area contributed by atoms with Crippen molar-refractivity contribution in [2.45, 2.75) is 38.5 Å². The van der Waals surface area contributed by atoms with Gasteiger partial charge in [-0.2, -0.15) is 13.2 Å². The largest absolute Gasteiger partial charge is 0.416 e. The van der Waals surface area contributed by atoms with Crippen LogP contribution in [0.5, 0.6) is 0 Å². The molecule has 0 aliphatic heterocycles. The minimum atomic E-state index is -4.45. The molecule has 0 fully saturated rings. The van der Waals surface area contributed by atoms with E-state index in [1.165, 1.54) is 6.07 Å². The number of nitrogens with one attached hydrogen (secondary N) is 2. The molecule has 0 spiro atoms. The molecule has 0 aliphatic carbocycles. The van der Waals surface area contributed by atoms with E-state index in [2.05, 4.69) is 10.6 Å². The van der Waals surface area contributed by atoms with Gasteiger partial charge in [0.05, 0.1) is 24.3 Å². The second-order valence-corrected chi connectivity index (χ2v) is 7.03. The van der Waals surface area contributed by atoms with Crippen LogP contribution in [0.2, 0.25) is 0 Å². The topological polar surface area (TPSA) is 61.4 Å². The molecule has 0 bridgehead atoms. The lowest BCUT2D eigenvalue weighted by molar-refractivity contribution is -0.137. The number of amides is 2. The summed E-state index contributed by atoms with van der Waals surface area (Å²) < 4.78 is 39.0. The molecule has 2 amide bonds. The third kappa shape index (κ3) is 6.27. The molecule has 0 radical (unpaired) electrons. The minimum Gasteiger partial charge on any atom is -0.394 e. The highest BCUT2D eigenvalue weighted by atomic mass is 19.4. The Hall–Kier alpha value is -2.54. The molecule has 0 saturated carbocycles. The molecule has 0 aliphatic rings. The van der Waals surface area contributed by atoms with Gasteiger partial charge >= 0.3 is 12.2 Å².